The molecule has 3 aromatic carbocycles. The van der Waals surface area contributed by atoms with E-state index in [0.717, 1.165) is 16.7 Å². The number of hydrogen-bond acceptors (Lipinski definition) is 2. The van der Waals surface area contributed by atoms with Crippen molar-refractivity contribution in [1.29, 1.82) is 0 Å². The first-order valence-corrected chi connectivity index (χ1v) is 8.76. The second-order valence-corrected chi connectivity index (χ2v) is 6.11. The predicted molar refractivity (Wildman–Crippen MR) is 107 cm³/mol. The Morgan fingerprint density at radius 1 is 0.815 bits per heavy atom. The average Bonchev–Trinajstić information content (AvgIpc) is 2.69. The van der Waals surface area contributed by atoms with E-state index >= 15 is 0 Å². The first-order valence-electron chi connectivity index (χ1n) is 8.22. The number of nitrogens with one attached hydrogen (secondary N) is 2. The Morgan fingerprint density at radius 2 is 1.52 bits per heavy atom. The topological polar surface area (TPSA) is 78.4 Å². The van der Waals surface area contributed by atoms with Gasteiger partial charge in [-0.15, -0.1) is 11.6 Å². The summed E-state index contributed by atoms with van der Waals surface area (Å²) in [6, 6.07) is 21.7. The van der Waals surface area contributed by atoms with Crippen LogP contribution in [0.5, 0.6) is 0 Å². The van der Waals surface area contributed by atoms with Crippen LogP contribution in [0.1, 0.15) is 15.9 Å². The van der Waals surface area contributed by atoms with Gasteiger partial charge in [-0.1, -0.05) is 48.5 Å². The van der Waals surface area contributed by atoms with Gasteiger partial charge in [-0.3, -0.25) is 10.1 Å². The summed E-state index contributed by atoms with van der Waals surface area (Å²) in [5.41, 5.74) is 3.86. The fourth-order valence-corrected chi connectivity index (χ4v) is 2.80. The summed E-state index contributed by atoms with van der Waals surface area (Å²) in [6.45, 7) is 0. The van der Waals surface area contributed by atoms with E-state index in [0.29, 0.717) is 22.8 Å². The zero-order valence-electron chi connectivity index (χ0n) is 14.3. The zero-order chi connectivity index (χ0) is 19.2. The molecule has 0 fully saturated rings. The van der Waals surface area contributed by atoms with Gasteiger partial charge in [0.2, 0.25) is 0 Å². The van der Waals surface area contributed by atoms with Crippen molar-refractivity contribution < 1.29 is 14.7 Å². The van der Waals surface area contributed by atoms with E-state index in [-0.39, 0.29) is 5.91 Å². The van der Waals surface area contributed by atoms with Gasteiger partial charge in [0.1, 0.15) is 0 Å². The van der Waals surface area contributed by atoms with E-state index in [4.69, 9.17) is 16.7 Å². The van der Waals surface area contributed by atoms with Crippen LogP contribution in [-0.4, -0.2) is 17.1 Å². The second-order valence-electron chi connectivity index (χ2n) is 5.84. The standard InChI is InChI=1S/C21H17ClN2O3/c22-13-14-6-8-16(9-7-14)20(25)23-19-12-17(15-4-2-1-3-5-15)10-11-18(19)24-21(26)27/h1-12,24H,13H2,(H,23,25)(H,26,27). The average molecular weight is 381 g/mol. The van der Waals surface area contributed by atoms with Crippen molar-refractivity contribution in [1.82, 2.24) is 0 Å². The van der Waals surface area contributed by atoms with Crippen LogP contribution < -0.4 is 10.6 Å². The Kier molecular flexibility index (Phi) is 5.74. The number of carbonyl (C=O) groups is 2. The van der Waals surface area contributed by atoms with Crippen molar-refractivity contribution in [3.63, 3.8) is 0 Å². The van der Waals surface area contributed by atoms with Crippen molar-refractivity contribution in [3.8, 4) is 11.1 Å². The normalized spacial score (nSPS) is 10.3. The molecule has 2 amide bonds. The summed E-state index contributed by atoms with van der Waals surface area (Å²) >= 11 is 5.77. The van der Waals surface area contributed by atoms with Crippen LogP contribution in [0.4, 0.5) is 16.2 Å². The number of anilines is 2. The lowest BCUT2D eigenvalue weighted by Gasteiger charge is -2.13. The third-order valence-electron chi connectivity index (χ3n) is 3.99. The summed E-state index contributed by atoms with van der Waals surface area (Å²) in [5, 5.41) is 14.1. The molecule has 0 heterocycles. The third-order valence-corrected chi connectivity index (χ3v) is 4.30. The van der Waals surface area contributed by atoms with Crippen LogP contribution in [0.15, 0.2) is 72.8 Å². The smallest absolute Gasteiger partial charge is 0.409 e. The number of benzene rings is 3. The molecular formula is C21H17ClN2O3. The highest BCUT2D eigenvalue weighted by Gasteiger charge is 2.12. The minimum atomic E-state index is -1.20. The summed E-state index contributed by atoms with van der Waals surface area (Å²) in [6.07, 6.45) is -1.20. The molecule has 136 valence electrons. The monoisotopic (exact) mass is 380 g/mol. The number of amides is 2. The Bertz CT molecular complexity index is 957. The zero-order valence-corrected chi connectivity index (χ0v) is 15.0. The highest BCUT2D eigenvalue weighted by molar-refractivity contribution is 6.17. The van der Waals surface area contributed by atoms with E-state index in [1.54, 1.807) is 42.5 Å². The Hall–Kier alpha value is -3.31. The highest BCUT2D eigenvalue weighted by Crippen LogP contribution is 2.29. The minimum Gasteiger partial charge on any atom is -0.465 e. The molecule has 0 saturated heterocycles. The maximum absolute atomic E-state index is 12.6. The van der Waals surface area contributed by atoms with Gasteiger partial charge in [-0.2, -0.15) is 0 Å². The minimum absolute atomic E-state index is 0.299. The summed E-state index contributed by atoms with van der Waals surface area (Å²) in [5.74, 6) is 0.0306. The number of rotatable bonds is 5. The van der Waals surface area contributed by atoms with Crippen LogP contribution in [0.25, 0.3) is 11.1 Å². The highest BCUT2D eigenvalue weighted by atomic mass is 35.5. The van der Waals surface area contributed by atoms with Crippen LogP contribution in [-0.2, 0) is 5.88 Å². The molecule has 0 aliphatic rings. The van der Waals surface area contributed by atoms with E-state index in [9.17, 15) is 9.59 Å². The van der Waals surface area contributed by atoms with Gasteiger partial charge in [0, 0.05) is 11.4 Å². The van der Waals surface area contributed by atoms with Crippen LogP contribution in [0.3, 0.4) is 0 Å². The van der Waals surface area contributed by atoms with Gasteiger partial charge in [0.05, 0.1) is 11.4 Å². The van der Waals surface area contributed by atoms with Crippen LogP contribution in [0, 0.1) is 0 Å². The van der Waals surface area contributed by atoms with Crippen LogP contribution >= 0.6 is 11.6 Å². The lowest BCUT2D eigenvalue weighted by Crippen LogP contribution is -2.15. The van der Waals surface area contributed by atoms with Crippen LogP contribution in [0.2, 0.25) is 0 Å². The molecule has 0 radical (unpaired) electrons. The molecule has 27 heavy (non-hydrogen) atoms. The number of halogens is 1. The molecule has 0 aliphatic heterocycles. The Morgan fingerprint density at radius 3 is 2.15 bits per heavy atom. The Labute approximate surface area is 161 Å². The van der Waals surface area contributed by atoms with Crippen molar-refractivity contribution in [2.24, 2.45) is 0 Å². The van der Waals surface area contributed by atoms with E-state index in [2.05, 4.69) is 10.6 Å². The maximum Gasteiger partial charge on any atom is 0.409 e. The van der Waals surface area contributed by atoms with Gasteiger partial charge >= 0.3 is 6.09 Å². The molecule has 0 aliphatic carbocycles. The SMILES string of the molecule is O=C(O)Nc1ccc(-c2ccccc2)cc1NC(=O)c1ccc(CCl)cc1. The quantitative estimate of drug-likeness (QED) is 0.516. The van der Waals surface area contributed by atoms with Gasteiger partial charge in [-0.05, 0) is 41.0 Å². The first kappa shape index (κ1) is 18.5. The largest absolute Gasteiger partial charge is 0.465 e. The van der Waals surface area contributed by atoms with E-state index in [1.165, 1.54) is 0 Å². The third kappa shape index (κ3) is 4.65. The Balaban J connectivity index is 1.92. The second kappa shape index (κ2) is 8.38. The van der Waals surface area contributed by atoms with Gasteiger partial charge in [0.25, 0.3) is 5.91 Å². The summed E-state index contributed by atoms with van der Waals surface area (Å²) in [4.78, 5) is 23.6. The van der Waals surface area contributed by atoms with Gasteiger partial charge in [-0.25, -0.2) is 4.79 Å². The van der Waals surface area contributed by atoms with Crippen molar-refractivity contribution in [3.05, 3.63) is 83.9 Å². The number of carboxylic acid groups (broad SMARTS) is 1. The van der Waals surface area contributed by atoms with Crippen molar-refractivity contribution in [2.45, 2.75) is 5.88 Å². The molecule has 0 bridgehead atoms. The molecule has 0 aromatic heterocycles. The van der Waals surface area contributed by atoms with Gasteiger partial charge < -0.3 is 10.4 Å². The molecule has 3 aromatic rings. The van der Waals surface area contributed by atoms with Crippen molar-refractivity contribution in [2.75, 3.05) is 10.6 Å². The fraction of sp³-hybridized carbons (Fsp3) is 0.0476. The van der Waals surface area contributed by atoms with Crippen molar-refractivity contribution >= 4 is 35.0 Å². The molecular weight excluding hydrogens is 364 g/mol. The number of alkyl halides is 1. The van der Waals surface area contributed by atoms with E-state index < -0.39 is 6.09 Å². The first-order chi connectivity index (χ1) is 13.1. The molecule has 0 spiro atoms. The lowest BCUT2D eigenvalue weighted by molar-refractivity contribution is 0.102. The molecule has 0 saturated carbocycles. The molecule has 3 N–H and O–H groups in total. The molecule has 5 nitrogen and oxygen atoms in total. The maximum atomic E-state index is 12.6. The number of carbonyl (C=O) groups excluding carboxylic acids is 1. The van der Waals surface area contributed by atoms with Gasteiger partial charge in [0.15, 0.2) is 0 Å². The molecule has 3 rings (SSSR count). The van der Waals surface area contributed by atoms with E-state index in [1.807, 2.05) is 30.3 Å². The molecule has 0 atom stereocenters. The summed E-state index contributed by atoms with van der Waals surface area (Å²) in [7, 11) is 0. The predicted octanol–water partition coefficient (Wildman–Crippen LogP) is 5.43. The fourth-order valence-electron chi connectivity index (χ4n) is 2.62. The molecule has 6 heteroatoms. The molecule has 0 unspecified atom stereocenters. The number of hydrogen-bond donors (Lipinski definition) is 3. The summed E-state index contributed by atoms with van der Waals surface area (Å²) < 4.78 is 0. The lowest BCUT2D eigenvalue weighted by atomic mass is 10.0.